The minimum Gasteiger partial charge on any atom is -0.465 e. The number of fused-ring (bicyclic) bond motifs is 1. The van der Waals surface area contributed by atoms with Crippen LogP contribution >= 0.6 is 0 Å². The van der Waals surface area contributed by atoms with Gasteiger partial charge < -0.3 is 14.5 Å². The molecule has 0 aliphatic heterocycles. The molecule has 1 heterocycles. The molecule has 0 radical (unpaired) electrons. The molecule has 1 aromatic heterocycles. The van der Waals surface area contributed by atoms with Crippen LogP contribution in [-0.2, 0) is 11.2 Å². The van der Waals surface area contributed by atoms with Crippen LogP contribution in [0.3, 0.4) is 0 Å². The Bertz CT molecular complexity index is 1010. The number of hydrogen-bond acceptors (Lipinski definition) is 5. The molecular weight excluding hydrogens is 372 g/mol. The summed E-state index contributed by atoms with van der Waals surface area (Å²) in [4.78, 5) is 36.6. The number of halogens is 2. The van der Waals surface area contributed by atoms with Crippen molar-refractivity contribution in [2.24, 2.45) is 5.41 Å². The van der Waals surface area contributed by atoms with Crippen molar-refractivity contribution in [2.45, 2.75) is 33.6 Å². The van der Waals surface area contributed by atoms with Crippen molar-refractivity contribution in [3.63, 3.8) is 0 Å². The van der Waals surface area contributed by atoms with Gasteiger partial charge >= 0.3 is 5.97 Å². The molecule has 1 N–H and O–H groups in total. The Labute approximate surface area is 159 Å². The largest absolute Gasteiger partial charge is 0.465 e. The van der Waals surface area contributed by atoms with E-state index in [0.717, 1.165) is 13.2 Å². The van der Waals surface area contributed by atoms with Gasteiger partial charge in [-0.3, -0.25) is 9.59 Å². The lowest BCUT2D eigenvalue weighted by atomic mass is 9.76. The number of carbonyl (C=O) groups is 3. The maximum atomic E-state index is 14.1. The Hall–Kier alpha value is -3.03. The SMILES string of the molecule is COC(=O)c1cc(NC(=O)c2oc3c(c2C)C(=O)CC(C)(C)C3)c(F)cc1F. The van der Waals surface area contributed by atoms with Crippen LogP contribution in [0.4, 0.5) is 14.5 Å². The van der Waals surface area contributed by atoms with E-state index in [4.69, 9.17) is 4.42 Å². The summed E-state index contributed by atoms with van der Waals surface area (Å²) < 4.78 is 37.9. The Morgan fingerprint density at radius 2 is 1.86 bits per heavy atom. The highest BCUT2D eigenvalue weighted by molar-refractivity contribution is 6.08. The monoisotopic (exact) mass is 391 g/mol. The first kappa shape index (κ1) is 19.7. The van der Waals surface area contributed by atoms with Crippen molar-refractivity contribution in [1.29, 1.82) is 0 Å². The number of furan rings is 1. The minimum absolute atomic E-state index is 0.118. The summed E-state index contributed by atoms with van der Waals surface area (Å²) in [5.41, 5.74) is -0.484. The predicted molar refractivity (Wildman–Crippen MR) is 95.5 cm³/mol. The second-order valence-electron chi connectivity index (χ2n) is 7.55. The van der Waals surface area contributed by atoms with Gasteiger partial charge in [-0.05, 0) is 18.4 Å². The average molecular weight is 391 g/mol. The van der Waals surface area contributed by atoms with Crippen molar-refractivity contribution in [3.8, 4) is 0 Å². The van der Waals surface area contributed by atoms with Crippen LogP contribution in [0.15, 0.2) is 16.5 Å². The van der Waals surface area contributed by atoms with Crippen LogP contribution in [0, 0.1) is 24.0 Å². The maximum absolute atomic E-state index is 14.1. The lowest BCUT2D eigenvalue weighted by Crippen LogP contribution is -2.26. The molecule has 1 aliphatic rings. The van der Waals surface area contributed by atoms with Crippen molar-refractivity contribution < 1.29 is 32.3 Å². The van der Waals surface area contributed by atoms with Gasteiger partial charge in [-0.2, -0.15) is 0 Å². The maximum Gasteiger partial charge on any atom is 0.340 e. The highest BCUT2D eigenvalue weighted by Gasteiger charge is 2.37. The number of benzene rings is 1. The standard InChI is InChI=1S/C20H19F2NO5/c1-9-16-14(24)7-20(2,3)8-15(16)28-17(9)18(25)23-13-5-10(19(26)27-4)11(21)6-12(13)22/h5-6H,7-8H2,1-4H3,(H,23,25). The minimum atomic E-state index is -1.11. The summed E-state index contributed by atoms with van der Waals surface area (Å²) in [6.45, 7) is 5.43. The third-order valence-corrected chi connectivity index (χ3v) is 4.69. The van der Waals surface area contributed by atoms with Gasteiger partial charge in [0, 0.05) is 24.5 Å². The smallest absolute Gasteiger partial charge is 0.340 e. The number of carbonyl (C=O) groups excluding carboxylic acids is 3. The lowest BCUT2D eigenvalue weighted by molar-refractivity contribution is 0.0595. The molecule has 0 spiro atoms. The molecule has 3 rings (SSSR count). The van der Waals surface area contributed by atoms with E-state index < -0.39 is 34.8 Å². The predicted octanol–water partition coefficient (Wildman–Crippen LogP) is 4.06. The van der Waals surface area contributed by atoms with E-state index in [1.54, 1.807) is 6.92 Å². The third-order valence-electron chi connectivity index (χ3n) is 4.69. The first-order chi connectivity index (χ1) is 13.0. The molecule has 0 saturated carbocycles. The molecule has 2 aromatic rings. The van der Waals surface area contributed by atoms with Crippen LogP contribution in [0.5, 0.6) is 0 Å². The van der Waals surface area contributed by atoms with Gasteiger partial charge in [0.25, 0.3) is 5.91 Å². The van der Waals surface area contributed by atoms with Gasteiger partial charge in [0.05, 0.1) is 23.9 Å². The van der Waals surface area contributed by atoms with Crippen molar-refractivity contribution in [3.05, 3.63) is 52.0 Å². The summed E-state index contributed by atoms with van der Waals surface area (Å²) >= 11 is 0. The van der Waals surface area contributed by atoms with Crippen molar-refractivity contribution in [2.75, 3.05) is 12.4 Å². The first-order valence-corrected chi connectivity index (χ1v) is 8.58. The van der Waals surface area contributed by atoms with Gasteiger partial charge in [0.15, 0.2) is 11.5 Å². The quantitative estimate of drug-likeness (QED) is 0.798. The van der Waals surface area contributed by atoms with E-state index in [1.165, 1.54) is 0 Å². The van der Waals surface area contributed by atoms with E-state index in [0.29, 0.717) is 35.8 Å². The number of rotatable bonds is 3. The molecule has 0 saturated heterocycles. The Balaban J connectivity index is 1.95. The molecule has 8 heteroatoms. The van der Waals surface area contributed by atoms with E-state index in [2.05, 4.69) is 10.1 Å². The molecule has 0 atom stereocenters. The second kappa shape index (κ2) is 6.85. The summed E-state index contributed by atoms with van der Waals surface area (Å²) in [6.07, 6.45) is 0.816. The molecule has 0 unspecified atom stereocenters. The van der Waals surface area contributed by atoms with Gasteiger partial charge in [0.2, 0.25) is 0 Å². The second-order valence-corrected chi connectivity index (χ2v) is 7.55. The average Bonchev–Trinajstić information content (AvgIpc) is 2.91. The zero-order valence-corrected chi connectivity index (χ0v) is 15.9. The Kier molecular flexibility index (Phi) is 4.82. The number of anilines is 1. The molecule has 0 fully saturated rings. The van der Waals surface area contributed by atoms with Crippen molar-refractivity contribution >= 4 is 23.3 Å². The fourth-order valence-corrected chi connectivity index (χ4v) is 3.39. The summed E-state index contributed by atoms with van der Waals surface area (Å²) in [6, 6.07) is 1.33. The Morgan fingerprint density at radius 3 is 2.50 bits per heavy atom. The summed E-state index contributed by atoms with van der Waals surface area (Å²) in [7, 11) is 1.05. The van der Waals surface area contributed by atoms with E-state index in [9.17, 15) is 23.2 Å². The molecular formula is C20H19F2NO5. The van der Waals surface area contributed by atoms with E-state index in [1.807, 2.05) is 13.8 Å². The zero-order valence-electron chi connectivity index (χ0n) is 15.9. The first-order valence-electron chi connectivity index (χ1n) is 8.58. The number of esters is 1. The molecule has 6 nitrogen and oxygen atoms in total. The number of methoxy groups -OCH3 is 1. The number of Topliss-reactive ketones (excluding diaryl/α,β-unsaturated/α-hetero) is 1. The fraction of sp³-hybridized carbons (Fsp3) is 0.350. The van der Waals surface area contributed by atoms with E-state index in [-0.39, 0.29) is 17.0 Å². The number of amides is 1. The molecule has 1 aliphatic carbocycles. The van der Waals surface area contributed by atoms with Crippen LogP contribution in [0.1, 0.15) is 62.9 Å². The van der Waals surface area contributed by atoms with Crippen molar-refractivity contribution in [1.82, 2.24) is 0 Å². The third kappa shape index (κ3) is 3.42. The lowest BCUT2D eigenvalue weighted by Gasteiger charge is -2.27. The summed E-state index contributed by atoms with van der Waals surface area (Å²) in [5.74, 6) is -3.82. The molecule has 1 amide bonds. The zero-order chi connectivity index (χ0) is 20.8. The van der Waals surface area contributed by atoms with Gasteiger partial charge in [-0.25, -0.2) is 13.6 Å². The van der Waals surface area contributed by atoms with E-state index >= 15 is 0 Å². The van der Waals surface area contributed by atoms with Crippen LogP contribution in [0.2, 0.25) is 0 Å². The van der Waals surface area contributed by atoms with Crippen LogP contribution < -0.4 is 5.32 Å². The Morgan fingerprint density at radius 1 is 1.18 bits per heavy atom. The molecule has 0 bridgehead atoms. The van der Waals surface area contributed by atoms with Crippen LogP contribution in [-0.4, -0.2) is 24.8 Å². The van der Waals surface area contributed by atoms with Gasteiger partial charge in [-0.1, -0.05) is 13.8 Å². The normalized spacial score (nSPS) is 15.1. The van der Waals surface area contributed by atoms with Crippen LogP contribution in [0.25, 0.3) is 0 Å². The highest BCUT2D eigenvalue weighted by Crippen LogP contribution is 2.38. The number of ketones is 1. The molecule has 148 valence electrons. The molecule has 28 heavy (non-hydrogen) atoms. The van der Waals surface area contributed by atoms with Gasteiger partial charge in [0.1, 0.15) is 17.4 Å². The number of nitrogens with one attached hydrogen (secondary N) is 1. The molecule has 1 aromatic carbocycles. The summed E-state index contributed by atoms with van der Waals surface area (Å²) in [5, 5.41) is 2.27. The van der Waals surface area contributed by atoms with Gasteiger partial charge in [-0.15, -0.1) is 0 Å². The number of hydrogen-bond donors (Lipinski definition) is 1. The fourth-order valence-electron chi connectivity index (χ4n) is 3.39. The topological polar surface area (TPSA) is 85.6 Å². The highest BCUT2D eigenvalue weighted by atomic mass is 19.1. The number of ether oxygens (including phenoxy) is 1.